The van der Waals surface area contributed by atoms with Crippen LogP contribution in [0.25, 0.3) is 0 Å². The summed E-state index contributed by atoms with van der Waals surface area (Å²) in [4.78, 5) is 0.486. The van der Waals surface area contributed by atoms with E-state index in [1.54, 1.807) is 18.2 Å². The molecule has 0 bridgehead atoms. The molecule has 2 rings (SSSR count). The first-order chi connectivity index (χ1) is 9.91. The Morgan fingerprint density at radius 1 is 1.05 bits per heavy atom. The van der Waals surface area contributed by atoms with E-state index in [2.05, 4.69) is 0 Å². The Kier molecular flexibility index (Phi) is 5.19. The van der Waals surface area contributed by atoms with Gasteiger partial charge in [0, 0.05) is 15.7 Å². The third-order valence-corrected chi connectivity index (χ3v) is 4.32. The molecular formula is C15H12ClF3OS. The van der Waals surface area contributed by atoms with Crippen molar-refractivity contribution >= 4 is 23.4 Å². The zero-order chi connectivity index (χ0) is 15.5. The number of aliphatic hydroxyl groups excluding tert-OH is 1. The van der Waals surface area contributed by atoms with Crippen molar-refractivity contribution in [1.82, 2.24) is 0 Å². The average molecular weight is 333 g/mol. The molecule has 0 fully saturated rings. The Hall–Kier alpha value is -1.17. The molecule has 2 aromatic carbocycles. The maximum Gasteiger partial charge on any atom is 0.416 e. The van der Waals surface area contributed by atoms with Gasteiger partial charge in [-0.05, 0) is 29.3 Å². The van der Waals surface area contributed by atoms with Gasteiger partial charge >= 0.3 is 6.18 Å². The maximum atomic E-state index is 12.9. The Morgan fingerprint density at radius 3 is 2.38 bits per heavy atom. The summed E-state index contributed by atoms with van der Waals surface area (Å²) in [6.07, 6.45) is -4.47. The van der Waals surface area contributed by atoms with Gasteiger partial charge in [-0.3, -0.25) is 0 Å². The van der Waals surface area contributed by atoms with Gasteiger partial charge in [-0.15, -0.1) is 11.8 Å². The molecular weight excluding hydrogens is 321 g/mol. The number of alkyl halides is 3. The predicted molar refractivity (Wildman–Crippen MR) is 78.4 cm³/mol. The van der Waals surface area contributed by atoms with E-state index < -0.39 is 18.3 Å². The van der Waals surface area contributed by atoms with Crippen LogP contribution in [0.4, 0.5) is 13.2 Å². The molecule has 112 valence electrons. The maximum absolute atomic E-state index is 12.9. The van der Waals surface area contributed by atoms with Crippen LogP contribution in [0, 0.1) is 0 Å². The zero-order valence-electron chi connectivity index (χ0n) is 10.8. The first-order valence-electron chi connectivity index (χ1n) is 6.09. The van der Waals surface area contributed by atoms with Crippen LogP contribution < -0.4 is 0 Å². The van der Waals surface area contributed by atoms with Gasteiger partial charge in [0.25, 0.3) is 0 Å². The lowest BCUT2D eigenvalue weighted by atomic mass is 10.1. The van der Waals surface area contributed by atoms with Gasteiger partial charge in [0.2, 0.25) is 0 Å². The highest BCUT2D eigenvalue weighted by atomic mass is 35.5. The number of hydrogen-bond acceptors (Lipinski definition) is 2. The number of hydrogen-bond donors (Lipinski definition) is 1. The monoisotopic (exact) mass is 332 g/mol. The van der Waals surface area contributed by atoms with Gasteiger partial charge < -0.3 is 5.11 Å². The Bertz CT molecular complexity index is 629. The molecule has 2 aromatic rings. The standard InChI is InChI=1S/C15H12ClF3OS/c16-14-4-2-1-3-11(14)9-21-12-6-5-10(8-20)13(7-12)15(17,18)19/h1-7,20H,8-9H2. The second kappa shape index (κ2) is 6.73. The number of rotatable bonds is 4. The van der Waals surface area contributed by atoms with Crippen LogP contribution in [0.2, 0.25) is 5.02 Å². The van der Waals surface area contributed by atoms with Crippen molar-refractivity contribution < 1.29 is 18.3 Å². The number of thioether (sulfide) groups is 1. The summed E-state index contributed by atoms with van der Waals surface area (Å²) >= 11 is 7.29. The topological polar surface area (TPSA) is 20.2 Å². The first-order valence-corrected chi connectivity index (χ1v) is 7.45. The summed E-state index contributed by atoms with van der Waals surface area (Å²) < 4.78 is 38.7. The second-order valence-corrected chi connectivity index (χ2v) is 5.81. The Morgan fingerprint density at radius 2 is 1.76 bits per heavy atom. The molecule has 1 N–H and O–H groups in total. The van der Waals surface area contributed by atoms with E-state index >= 15 is 0 Å². The molecule has 0 radical (unpaired) electrons. The van der Waals surface area contributed by atoms with Crippen LogP contribution in [0.5, 0.6) is 0 Å². The number of benzene rings is 2. The quantitative estimate of drug-likeness (QED) is 0.782. The normalized spacial score (nSPS) is 11.7. The summed E-state index contributed by atoms with van der Waals surface area (Å²) in [5, 5.41) is 9.58. The van der Waals surface area contributed by atoms with E-state index in [9.17, 15) is 13.2 Å². The molecule has 0 atom stereocenters. The van der Waals surface area contributed by atoms with Crippen LogP contribution in [0.15, 0.2) is 47.4 Å². The van der Waals surface area contributed by atoms with E-state index in [0.717, 1.165) is 11.6 Å². The van der Waals surface area contributed by atoms with Crippen molar-refractivity contribution in [3.05, 3.63) is 64.2 Å². The summed E-state index contributed by atoms with van der Waals surface area (Å²) in [5.41, 5.74) is -0.0530. The van der Waals surface area contributed by atoms with Crippen molar-refractivity contribution in [3.63, 3.8) is 0 Å². The van der Waals surface area contributed by atoms with E-state index in [1.165, 1.54) is 17.8 Å². The zero-order valence-corrected chi connectivity index (χ0v) is 12.4. The van der Waals surface area contributed by atoms with Crippen LogP contribution in [-0.4, -0.2) is 5.11 Å². The van der Waals surface area contributed by atoms with Crippen LogP contribution >= 0.6 is 23.4 Å². The average Bonchev–Trinajstić information content (AvgIpc) is 2.45. The minimum atomic E-state index is -4.47. The van der Waals surface area contributed by atoms with Crippen molar-refractivity contribution in [1.29, 1.82) is 0 Å². The molecule has 6 heteroatoms. The second-order valence-electron chi connectivity index (χ2n) is 4.35. The largest absolute Gasteiger partial charge is 0.416 e. The lowest BCUT2D eigenvalue weighted by Gasteiger charge is -2.13. The van der Waals surface area contributed by atoms with Crippen molar-refractivity contribution in [3.8, 4) is 0 Å². The van der Waals surface area contributed by atoms with Gasteiger partial charge in [-0.1, -0.05) is 35.9 Å². The van der Waals surface area contributed by atoms with Crippen molar-refractivity contribution in [2.45, 2.75) is 23.4 Å². The molecule has 0 aromatic heterocycles. The van der Waals surface area contributed by atoms with E-state index in [0.29, 0.717) is 15.7 Å². The summed E-state index contributed by atoms with van der Waals surface area (Å²) in [5.74, 6) is 0.482. The molecule has 0 amide bonds. The first kappa shape index (κ1) is 16.2. The molecule has 0 unspecified atom stereocenters. The Balaban J connectivity index is 2.20. The van der Waals surface area contributed by atoms with E-state index in [-0.39, 0.29) is 5.56 Å². The highest BCUT2D eigenvalue weighted by molar-refractivity contribution is 7.98. The SMILES string of the molecule is OCc1ccc(SCc2ccccc2Cl)cc1C(F)(F)F. The van der Waals surface area contributed by atoms with Gasteiger partial charge in [0.05, 0.1) is 12.2 Å². The fourth-order valence-corrected chi connectivity index (χ4v) is 3.04. The fraction of sp³-hybridized carbons (Fsp3) is 0.200. The molecule has 0 aliphatic carbocycles. The summed E-state index contributed by atoms with van der Waals surface area (Å²) in [6.45, 7) is -0.635. The van der Waals surface area contributed by atoms with Gasteiger partial charge in [-0.2, -0.15) is 13.2 Å². The van der Waals surface area contributed by atoms with Gasteiger partial charge in [-0.25, -0.2) is 0 Å². The van der Waals surface area contributed by atoms with Gasteiger partial charge in [0.1, 0.15) is 0 Å². The fourth-order valence-electron chi connectivity index (χ4n) is 1.82. The molecule has 0 saturated heterocycles. The highest BCUT2D eigenvalue weighted by Crippen LogP contribution is 2.36. The highest BCUT2D eigenvalue weighted by Gasteiger charge is 2.33. The lowest BCUT2D eigenvalue weighted by molar-refractivity contribution is -0.138. The third kappa shape index (κ3) is 4.15. The number of halogens is 4. The number of aliphatic hydroxyl groups is 1. The van der Waals surface area contributed by atoms with Crippen molar-refractivity contribution in [2.75, 3.05) is 0 Å². The van der Waals surface area contributed by atoms with Crippen LogP contribution in [0.1, 0.15) is 16.7 Å². The molecule has 0 aliphatic heterocycles. The summed E-state index contributed by atoms with van der Waals surface area (Å²) in [7, 11) is 0. The van der Waals surface area contributed by atoms with Gasteiger partial charge in [0.15, 0.2) is 0 Å². The van der Waals surface area contributed by atoms with E-state index in [1.807, 2.05) is 12.1 Å². The summed E-state index contributed by atoms with van der Waals surface area (Å²) in [6, 6.07) is 11.1. The van der Waals surface area contributed by atoms with E-state index in [4.69, 9.17) is 16.7 Å². The van der Waals surface area contributed by atoms with Crippen LogP contribution in [-0.2, 0) is 18.5 Å². The molecule has 0 spiro atoms. The molecule has 0 aliphatic rings. The minimum absolute atomic E-state index is 0.121. The minimum Gasteiger partial charge on any atom is -0.392 e. The van der Waals surface area contributed by atoms with Crippen LogP contribution in [0.3, 0.4) is 0 Å². The van der Waals surface area contributed by atoms with Crippen molar-refractivity contribution in [2.24, 2.45) is 0 Å². The smallest absolute Gasteiger partial charge is 0.392 e. The molecule has 0 heterocycles. The Labute approximate surface area is 129 Å². The lowest BCUT2D eigenvalue weighted by Crippen LogP contribution is -2.09. The molecule has 1 nitrogen and oxygen atoms in total. The molecule has 21 heavy (non-hydrogen) atoms. The third-order valence-electron chi connectivity index (χ3n) is 2.91. The predicted octanol–water partition coefficient (Wildman–Crippen LogP) is 5.14. The molecule has 0 saturated carbocycles.